The van der Waals surface area contributed by atoms with E-state index in [0.717, 1.165) is 9.20 Å². The van der Waals surface area contributed by atoms with Crippen LogP contribution in [-0.4, -0.2) is 38.5 Å². The quantitative estimate of drug-likeness (QED) is 0.763. The fourth-order valence-corrected chi connectivity index (χ4v) is 4.47. The smallest absolute Gasteiger partial charge is 0.242 e. The van der Waals surface area contributed by atoms with E-state index in [4.69, 9.17) is 0 Å². The van der Waals surface area contributed by atoms with E-state index in [2.05, 4.69) is 24.4 Å². The van der Waals surface area contributed by atoms with Gasteiger partial charge in [0, 0.05) is 24.7 Å². The van der Waals surface area contributed by atoms with Crippen LogP contribution in [0, 0.1) is 20.8 Å². The molecule has 0 aliphatic carbocycles. The van der Waals surface area contributed by atoms with Gasteiger partial charge in [0.2, 0.25) is 15.9 Å². The molecule has 0 aliphatic rings. The molecule has 0 bridgehead atoms. The summed E-state index contributed by atoms with van der Waals surface area (Å²) < 4.78 is 25.3. The molecule has 0 saturated carbocycles. The highest BCUT2D eigenvalue weighted by Crippen LogP contribution is 2.27. The maximum absolute atomic E-state index is 12.2. The first-order chi connectivity index (χ1) is 12.1. The van der Waals surface area contributed by atoms with Gasteiger partial charge in [-0.2, -0.15) is 0 Å². The summed E-state index contributed by atoms with van der Waals surface area (Å²) in [6.07, 6.45) is 0. The Morgan fingerprint density at radius 2 is 1.58 bits per heavy atom. The number of benzene rings is 2. The van der Waals surface area contributed by atoms with Crippen molar-refractivity contribution < 1.29 is 13.2 Å². The molecule has 26 heavy (non-hydrogen) atoms. The molecule has 1 N–H and O–H groups in total. The zero-order valence-electron chi connectivity index (χ0n) is 15.7. The minimum absolute atomic E-state index is 0.127. The van der Waals surface area contributed by atoms with E-state index in [0.29, 0.717) is 11.4 Å². The molecule has 0 unspecified atom stereocenters. The molecule has 0 saturated heterocycles. The number of thioether (sulfide) groups is 1. The Bertz CT molecular complexity index is 882. The van der Waals surface area contributed by atoms with Gasteiger partial charge in [-0.15, -0.1) is 11.8 Å². The lowest BCUT2D eigenvalue weighted by molar-refractivity contribution is -0.113. The van der Waals surface area contributed by atoms with Gasteiger partial charge < -0.3 is 5.32 Å². The van der Waals surface area contributed by atoms with Crippen LogP contribution in [0.1, 0.15) is 16.7 Å². The largest absolute Gasteiger partial charge is 0.325 e. The first-order valence-corrected chi connectivity index (χ1v) is 10.6. The Labute approximate surface area is 159 Å². The summed E-state index contributed by atoms with van der Waals surface area (Å²) in [6, 6.07) is 10.4. The summed E-state index contributed by atoms with van der Waals surface area (Å²) in [5.41, 5.74) is 4.12. The third-order valence-electron chi connectivity index (χ3n) is 3.87. The number of aryl methyl sites for hydroxylation is 3. The standard InChI is InChI=1S/C19H24N2O3S2/c1-13-10-14(2)19(15(3)11-13)25-12-18(22)20-16-6-8-17(9-7-16)26(23,24)21(4)5/h6-11H,12H2,1-5H3,(H,20,22). The van der Waals surface area contributed by atoms with Gasteiger partial charge in [-0.25, -0.2) is 12.7 Å². The predicted octanol–water partition coefficient (Wildman–Crippen LogP) is 3.59. The second-order valence-electron chi connectivity index (χ2n) is 6.38. The molecule has 5 nitrogen and oxygen atoms in total. The number of hydrogen-bond acceptors (Lipinski definition) is 4. The van der Waals surface area contributed by atoms with E-state index in [1.165, 1.54) is 54.7 Å². The normalized spacial score (nSPS) is 11.6. The number of nitrogens with one attached hydrogen (secondary N) is 1. The van der Waals surface area contributed by atoms with Crippen molar-refractivity contribution in [1.29, 1.82) is 0 Å². The van der Waals surface area contributed by atoms with Crippen LogP contribution >= 0.6 is 11.8 Å². The monoisotopic (exact) mass is 392 g/mol. The van der Waals surface area contributed by atoms with Crippen molar-refractivity contribution in [2.75, 3.05) is 25.2 Å². The van der Waals surface area contributed by atoms with Gasteiger partial charge in [-0.1, -0.05) is 17.7 Å². The van der Waals surface area contributed by atoms with Crippen LogP contribution in [0.4, 0.5) is 5.69 Å². The van der Waals surface area contributed by atoms with Gasteiger partial charge in [-0.3, -0.25) is 4.79 Å². The van der Waals surface area contributed by atoms with E-state index in [9.17, 15) is 13.2 Å². The van der Waals surface area contributed by atoms with Crippen molar-refractivity contribution in [1.82, 2.24) is 4.31 Å². The summed E-state index contributed by atoms with van der Waals surface area (Å²) >= 11 is 1.51. The molecule has 7 heteroatoms. The number of anilines is 1. The lowest BCUT2D eigenvalue weighted by Gasteiger charge is -2.12. The Kier molecular flexibility index (Phi) is 6.49. The van der Waals surface area contributed by atoms with Crippen LogP contribution in [0.15, 0.2) is 46.2 Å². The van der Waals surface area contributed by atoms with Gasteiger partial charge in [0.15, 0.2) is 0 Å². The van der Waals surface area contributed by atoms with E-state index in [1.54, 1.807) is 12.1 Å². The molecule has 2 aromatic carbocycles. The summed E-state index contributed by atoms with van der Waals surface area (Å²) in [6.45, 7) is 6.15. The molecule has 2 rings (SSSR count). The molecule has 2 aromatic rings. The number of rotatable bonds is 6. The van der Waals surface area contributed by atoms with Gasteiger partial charge >= 0.3 is 0 Å². The first-order valence-electron chi connectivity index (χ1n) is 8.14. The second kappa shape index (κ2) is 8.24. The molecular formula is C19H24N2O3S2. The molecule has 0 radical (unpaired) electrons. The van der Waals surface area contributed by atoms with Crippen molar-refractivity contribution in [3.63, 3.8) is 0 Å². The number of amides is 1. The van der Waals surface area contributed by atoms with Crippen LogP contribution in [-0.2, 0) is 14.8 Å². The predicted molar refractivity (Wildman–Crippen MR) is 107 cm³/mol. The van der Waals surface area contributed by atoms with Crippen molar-refractivity contribution in [2.45, 2.75) is 30.6 Å². The zero-order chi connectivity index (χ0) is 19.5. The van der Waals surface area contributed by atoms with Gasteiger partial charge in [0.05, 0.1) is 10.6 Å². The minimum atomic E-state index is -3.46. The molecule has 0 spiro atoms. The molecular weight excluding hydrogens is 368 g/mol. The molecule has 1 amide bonds. The molecule has 140 valence electrons. The van der Waals surface area contributed by atoms with Gasteiger partial charge in [0.25, 0.3) is 0 Å². The van der Waals surface area contributed by atoms with Crippen LogP contribution in [0.2, 0.25) is 0 Å². The molecule has 0 atom stereocenters. The maximum atomic E-state index is 12.2. The molecule has 0 aliphatic heterocycles. The molecule has 0 aromatic heterocycles. The topological polar surface area (TPSA) is 66.5 Å². The fourth-order valence-electron chi connectivity index (χ4n) is 2.65. The van der Waals surface area contributed by atoms with Crippen molar-refractivity contribution in [3.8, 4) is 0 Å². The second-order valence-corrected chi connectivity index (χ2v) is 9.51. The van der Waals surface area contributed by atoms with Crippen LogP contribution in [0.3, 0.4) is 0 Å². The third kappa shape index (κ3) is 4.87. The van der Waals surface area contributed by atoms with Crippen molar-refractivity contribution in [2.24, 2.45) is 0 Å². The Balaban J connectivity index is 2.01. The SMILES string of the molecule is Cc1cc(C)c(SCC(=O)Nc2ccc(S(=O)(=O)N(C)C)cc2)c(C)c1. The zero-order valence-corrected chi connectivity index (χ0v) is 17.3. The van der Waals surface area contributed by atoms with Gasteiger partial charge in [0.1, 0.15) is 0 Å². The van der Waals surface area contributed by atoms with Crippen LogP contribution in [0.5, 0.6) is 0 Å². The lowest BCUT2D eigenvalue weighted by Crippen LogP contribution is -2.22. The maximum Gasteiger partial charge on any atom is 0.242 e. The first kappa shape index (κ1) is 20.5. The summed E-state index contributed by atoms with van der Waals surface area (Å²) in [4.78, 5) is 13.5. The van der Waals surface area contributed by atoms with E-state index in [-0.39, 0.29) is 10.8 Å². The number of hydrogen-bond donors (Lipinski definition) is 1. The minimum Gasteiger partial charge on any atom is -0.325 e. The molecule has 0 heterocycles. The Morgan fingerprint density at radius 1 is 1.04 bits per heavy atom. The van der Waals surface area contributed by atoms with E-state index < -0.39 is 10.0 Å². The third-order valence-corrected chi connectivity index (χ3v) is 7.04. The number of nitrogens with zero attached hydrogens (tertiary/aromatic N) is 1. The lowest BCUT2D eigenvalue weighted by atomic mass is 10.1. The van der Waals surface area contributed by atoms with Crippen molar-refractivity contribution >= 4 is 33.4 Å². The van der Waals surface area contributed by atoms with Gasteiger partial charge in [-0.05, 0) is 56.2 Å². The van der Waals surface area contributed by atoms with Crippen molar-refractivity contribution in [3.05, 3.63) is 53.1 Å². The van der Waals surface area contributed by atoms with E-state index >= 15 is 0 Å². The average Bonchev–Trinajstić information content (AvgIpc) is 2.54. The summed E-state index contributed by atoms with van der Waals surface area (Å²) in [7, 11) is -0.498. The summed E-state index contributed by atoms with van der Waals surface area (Å²) in [5.74, 6) is 0.167. The van der Waals surface area contributed by atoms with E-state index in [1.807, 2.05) is 13.8 Å². The highest BCUT2D eigenvalue weighted by Gasteiger charge is 2.16. The number of carbonyl (C=O) groups is 1. The van der Waals surface area contributed by atoms with Crippen LogP contribution in [0.25, 0.3) is 0 Å². The molecule has 0 fully saturated rings. The summed E-state index contributed by atoms with van der Waals surface area (Å²) in [5, 5.41) is 2.80. The fraction of sp³-hybridized carbons (Fsp3) is 0.316. The van der Waals surface area contributed by atoms with Crippen LogP contribution < -0.4 is 5.32 Å². The highest BCUT2D eigenvalue weighted by molar-refractivity contribution is 8.00. The Hall–Kier alpha value is -1.83. The number of sulfonamides is 1. The number of carbonyl (C=O) groups excluding carboxylic acids is 1. The highest BCUT2D eigenvalue weighted by atomic mass is 32.2. The average molecular weight is 393 g/mol. The Morgan fingerprint density at radius 3 is 2.08 bits per heavy atom.